The van der Waals surface area contributed by atoms with E-state index in [-0.39, 0.29) is 11.4 Å². The van der Waals surface area contributed by atoms with E-state index < -0.39 is 23.1 Å². The molecule has 0 radical (unpaired) electrons. The van der Waals surface area contributed by atoms with Gasteiger partial charge >= 0.3 is 0 Å². The molecule has 2 aromatic rings. The highest BCUT2D eigenvalue weighted by Crippen LogP contribution is 2.30. The van der Waals surface area contributed by atoms with E-state index in [2.05, 4.69) is 0 Å². The number of benzene rings is 1. The molecule has 0 unspecified atom stereocenters. The zero-order valence-corrected chi connectivity index (χ0v) is 10.3. The summed E-state index contributed by atoms with van der Waals surface area (Å²) in [6, 6.07) is 3.02. The van der Waals surface area contributed by atoms with E-state index in [1.54, 1.807) is 13.8 Å². The van der Waals surface area contributed by atoms with Crippen molar-refractivity contribution >= 4 is 5.82 Å². The summed E-state index contributed by atoms with van der Waals surface area (Å²) in [7, 11) is 0. The van der Waals surface area contributed by atoms with Crippen LogP contribution in [0.2, 0.25) is 0 Å². The van der Waals surface area contributed by atoms with Crippen molar-refractivity contribution < 1.29 is 13.2 Å². The molecule has 0 atom stereocenters. The van der Waals surface area contributed by atoms with E-state index in [4.69, 9.17) is 11.0 Å². The molecule has 19 heavy (non-hydrogen) atoms. The fourth-order valence-electron chi connectivity index (χ4n) is 2.01. The Morgan fingerprint density at radius 2 is 1.68 bits per heavy atom. The SMILES string of the molecule is Cc1c(C#N)c(N)n(-c2c(F)cc(F)cc2F)c1C. The van der Waals surface area contributed by atoms with Crippen molar-refractivity contribution in [1.29, 1.82) is 5.26 Å². The Morgan fingerprint density at radius 1 is 1.16 bits per heavy atom. The zero-order chi connectivity index (χ0) is 14.3. The minimum absolute atomic E-state index is 0.0677. The molecular weight excluding hydrogens is 255 g/mol. The highest BCUT2D eigenvalue weighted by atomic mass is 19.1. The summed E-state index contributed by atoms with van der Waals surface area (Å²) in [6.07, 6.45) is 0. The molecule has 0 amide bonds. The fraction of sp³-hybridized carbons (Fsp3) is 0.154. The Hall–Kier alpha value is -2.42. The number of anilines is 1. The van der Waals surface area contributed by atoms with Crippen molar-refractivity contribution in [2.75, 3.05) is 5.73 Å². The van der Waals surface area contributed by atoms with Gasteiger partial charge < -0.3 is 5.73 Å². The third-order valence-corrected chi connectivity index (χ3v) is 3.07. The van der Waals surface area contributed by atoms with Crippen molar-refractivity contribution in [3.63, 3.8) is 0 Å². The maximum atomic E-state index is 13.8. The number of hydrogen-bond acceptors (Lipinski definition) is 2. The second-order valence-electron chi connectivity index (χ2n) is 4.14. The summed E-state index contributed by atoms with van der Waals surface area (Å²) >= 11 is 0. The first-order valence-electron chi connectivity index (χ1n) is 5.40. The van der Waals surface area contributed by atoms with E-state index in [9.17, 15) is 13.2 Å². The van der Waals surface area contributed by atoms with Crippen molar-refractivity contribution in [3.05, 3.63) is 46.4 Å². The van der Waals surface area contributed by atoms with Crippen LogP contribution in [0.1, 0.15) is 16.8 Å². The molecule has 3 nitrogen and oxygen atoms in total. The molecule has 1 aromatic heterocycles. The van der Waals surface area contributed by atoms with E-state index in [1.165, 1.54) is 0 Å². The monoisotopic (exact) mass is 265 g/mol. The number of hydrogen-bond donors (Lipinski definition) is 1. The van der Waals surface area contributed by atoms with E-state index in [0.717, 1.165) is 4.57 Å². The third-order valence-electron chi connectivity index (χ3n) is 3.07. The Balaban J connectivity index is 2.85. The van der Waals surface area contributed by atoms with Gasteiger partial charge in [-0.25, -0.2) is 13.2 Å². The first-order chi connectivity index (χ1) is 8.88. The minimum atomic E-state index is -1.08. The van der Waals surface area contributed by atoms with Crippen LogP contribution in [0.3, 0.4) is 0 Å². The summed E-state index contributed by atoms with van der Waals surface area (Å²) in [5.74, 6) is -3.24. The molecule has 0 aliphatic heterocycles. The molecule has 1 aromatic carbocycles. The van der Waals surface area contributed by atoms with Gasteiger partial charge in [-0.2, -0.15) is 5.26 Å². The van der Waals surface area contributed by atoms with Crippen LogP contribution in [-0.4, -0.2) is 4.57 Å². The number of nitriles is 1. The van der Waals surface area contributed by atoms with Gasteiger partial charge in [0.25, 0.3) is 0 Å². The van der Waals surface area contributed by atoms with Gasteiger partial charge in [-0.1, -0.05) is 0 Å². The van der Waals surface area contributed by atoms with Crippen LogP contribution >= 0.6 is 0 Å². The number of nitrogens with two attached hydrogens (primary N) is 1. The Bertz CT molecular complexity index is 688. The Labute approximate surface area is 107 Å². The van der Waals surface area contributed by atoms with Gasteiger partial charge in [0.1, 0.15) is 23.4 Å². The minimum Gasteiger partial charge on any atom is -0.384 e. The topological polar surface area (TPSA) is 54.7 Å². The average molecular weight is 265 g/mol. The summed E-state index contributed by atoms with van der Waals surface area (Å²) < 4.78 is 41.5. The molecule has 2 N–H and O–H groups in total. The average Bonchev–Trinajstić information content (AvgIpc) is 2.52. The lowest BCUT2D eigenvalue weighted by atomic mass is 10.2. The summed E-state index contributed by atoms with van der Waals surface area (Å²) in [5, 5.41) is 8.98. The number of aromatic nitrogens is 1. The van der Waals surface area contributed by atoms with Gasteiger partial charge in [0.15, 0.2) is 11.6 Å². The molecule has 0 fully saturated rings. The molecule has 1 heterocycles. The molecular formula is C13H10F3N3. The second-order valence-corrected chi connectivity index (χ2v) is 4.14. The molecule has 98 valence electrons. The maximum Gasteiger partial charge on any atom is 0.153 e. The number of nitrogen functional groups attached to an aromatic ring is 1. The molecule has 0 saturated heterocycles. The van der Waals surface area contributed by atoms with Crippen molar-refractivity contribution in [2.45, 2.75) is 13.8 Å². The lowest BCUT2D eigenvalue weighted by Crippen LogP contribution is -2.08. The largest absolute Gasteiger partial charge is 0.384 e. The molecule has 0 aliphatic rings. The predicted octanol–water partition coefficient (Wildman–Crippen LogP) is 2.97. The van der Waals surface area contributed by atoms with Crippen LogP contribution in [0.25, 0.3) is 5.69 Å². The highest BCUT2D eigenvalue weighted by molar-refractivity contribution is 5.62. The van der Waals surface area contributed by atoms with Gasteiger partial charge in [0.2, 0.25) is 0 Å². The van der Waals surface area contributed by atoms with Crippen molar-refractivity contribution in [3.8, 4) is 11.8 Å². The van der Waals surface area contributed by atoms with E-state index >= 15 is 0 Å². The van der Waals surface area contributed by atoms with Crippen LogP contribution in [-0.2, 0) is 0 Å². The van der Waals surface area contributed by atoms with Crippen molar-refractivity contribution in [1.82, 2.24) is 4.57 Å². The quantitative estimate of drug-likeness (QED) is 0.861. The van der Waals surface area contributed by atoms with Gasteiger partial charge in [0, 0.05) is 17.8 Å². The molecule has 6 heteroatoms. The van der Waals surface area contributed by atoms with Crippen LogP contribution in [0.4, 0.5) is 19.0 Å². The summed E-state index contributed by atoms with van der Waals surface area (Å²) in [6.45, 7) is 3.20. The van der Waals surface area contributed by atoms with Gasteiger partial charge in [-0.05, 0) is 19.4 Å². The number of rotatable bonds is 1. The maximum absolute atomic E-state index is 13.8. The van der Waals surface area contributed by atoms with Gasteiger partial charge in [0.05, 0.1) is 5.56 Å². The van der Waals surface area contributed by atoms with Gasteiger partial charge in [-0.3, -0.25) is 4.57 Å². The first-order valence-corrected chi connectivity index (χ1v) is 5.40. The summed E-state index contributed by atoms with van der Waals surface area (Å²) in [5.41, 5.74) is 6.36. The normalized spacial score (nSPS) is 10.5. The van der Waals surface area contributed by atoms with Crippen LogP contribution in [0, 0.1) is 42.6 Å². The Kier molecular flexibility index (Phi) is 2.98. The first kappa shape index (κ1) is 13.0. The zero-order valence-electron chi connectivity index (χ0n) is 10.3. The number of halogens is 3. The lowest BCUT2D eigenvalue weighted by Gasteiger charge is -2.11. The fourth-order valence-corrected chi connectivity index (χ4v) is 2.01. The second kappa shape index (κ2) is 4.35. The highest BCUT2D eigenvalue weighted by Gasteiger charge is 2.22. The molecule has 0 aliphatic carbocycles. The molecule has 0 saturated carbocycles. The van der Waals surface area contributed by atoms with E-state index in [0.29, 0.717) is 23.4 Å². The molecule has 2 rings (SSSR count). The molecule has 0 spiro atoms. The standard InChI is InChI=1S/C13H10F3N3/c1-6-7(2)19(13(18)9(6)5-17)12-10(15)3-8(14)4-11(12)16/h3-4H,18H2,1-2H3. The lowest BCUT2D eigenvalue weighted by molar-refractivity contribution is 0.534. The predicted molar refractivity (Wildman–Crippen MR) is 64.2 cm³/mol. The smallest absolute Gasteiger partial charge is 0.153 e. The number of nitrogens with zero attached hydrogens (tertiary/aromatic N) is 2. The molecule has 0 bridgehead atoms. The van der Waals surface area contributed by atoms with Crippen LogP contribution in [0.5, 0.6) is 0 Å². The third kappa shape index (κ3) is 1.83. The summed E-state index contributed by atoms with van der Waals surface area (Å²) in [4.78, 5) is 0. The van der Waals surface area contributed by atoms with E-state index in [1.807, 2.05) is 6.07 Å². The van der Waals surface area contributed by atoms with Crippen molar-refractivity contribution in [2.24, 2.45) is 0 Å². The van der Waals surface area contributed by atoms with Crippen LogP contribution in [0.15, 0.2) is 12.1 Å². The van der Waals surface area contributed by atoms with Crippen LogP contribution < -0.4 is 5.73 Å². The van der Waals surface area contributed by atoms with Gasteiger partial charge in [-0.15, -0.1) is 0 Å². The Morgan fingerprint density at radius 3 is 2.11 bits per heavy atom.